The molecule has 0 bridgehead atoms. The van der Waals surface area contributed by atoms with Gasteiger partial charge in [-0.3, -0.25) is 4.79 Å². The lowest BCUT2D eigenvalue weighted by molar-refractivity contribution is -0.144. The molecule has 2 saturated heterocycles. The van der Waals surface area contributed by atoms with Gasteiger partial charge in [-0.25, -0.2) is 0 Å². The second-order valence-corrected chi connectivity index (χ2v) is 5.98. The van der Waals surface area contributed by atoms with E-state index < -0.39 is 0 Å². The van der Waals surface area contributed by atoms with Gasteiger partial charge in [0.2, 0.25) is 5.91 Å². The summed E-state index contributed by atoms with van der Waals surface area (Å²) in [6.07, 6.45) is 5.40. The molecule has 118 valence electrons. The number of carbonyl (C=O) groups is 1. The Hall–Kier alpha value is -0.320. The lowest BCUT2D eigenvalue weighted by atomic mass is 9.93. The Morgan fingerprint density at radius 1 is 1.35 bits per heavy atom. The van der Waals surface area contributed by atoms with Crippen LogP contribution in [0.15, 0.2) is 0 Å². The van der Waals surface area contributed by atoms with E-state index in [1.54, 1.807) is 0 Å². The Labute approximate surface area is 129 Å². The lowest BCUT2D eigenvalue weighted by Crippen LogP contribution is -2.51. The molecular formula is C15H29ClN2O2. The number of halogens is 1. The van der Waals surface area contributed by atoms with Crippen molar-refractivity contribution in [2.75, 3.05) is 26.2 Å². The molecule has 2 atom stereocenters. The molecule has 2 rings (SSSR count). The molecule has 2 heterocycles. The van der Waals surface area contributed by atoms with Gasteiger partial charge in [0.05, 0.1) is 18.8 Å². The van der Waals surface area contributed by atoms with E-state index in [1.165, 1.54) is 12.8 Å². The van der Waals surface area contributed by atoms with Crippen molar-refractivity contribution in [3.8, 4) is 0 Å². The molecule has 2 aliphatic rings. The number of piperidine rings is 1. The fourth-order valence-electron chi connectivity index (χ4n) is 3.13. The first-order valence-corrected chi connectivity index (χ1v) is 7.82. The average Bonchev–Trinajstić information content (AvgIpc) is 2.46. The SMILES string of the molecule is CCC1COC(C)CN1C(=O)CCC1CCNCC1.Cl. The molecule has 0 radical (unpaired) electrons. The Morgan fingerprint density at radius 3 is 2.70 bits per heavy atom. The maximum Gasteiger partial charge on any atom is 0.222 e. The van der Waals surface area contributed by atoms with Crippen molar-refractivity contribution < 1.29 is 9.53 Å². The summed E-state index contributed by atoms with van der Waals surface area (Å²) in [5.74, 6) is 1.07. The normalized spacial score (nSPS) is 28.0. The number of hydrogen-bond donors (Lipinski definition) is 1. The third-order valence-corrected chi connectivity index (χ3v) is 4.48. The Kier molecular flexibility index (Phi) is 7.85. The van der Waals surface area contributed by atoms with Crippen molar-refractivity contribution in [3.63, 3.8) is 0 Å². The minimum atomic E-state index is 0. The summed E-state index contributed by atoms with van der Waals surface area (Å²) in [7, 11) is 0. The topological polar surface area (TPSA) is 41.6 Å². The first-order chi connectivity index (χ1) is 9.20. The van der Waals surface area contributed by atoms with Gasteiger partial charge in [0.1, 0.15) is 0 Å². The molecule has 0 aromatic carbocycles. The van der Waals surface area contributed by atoms with Crippen molar-refractivity contribution >= 4 is 18.3 Å². The highest BCUT2D eigenvalue weighted by molar-refractivity contribution is 5.85. The number of nitrogens with one attached hydrogen (secondary N) is 1. The molecule has 1 N–H and O–H groups in total. The highest BCUT2D eigenvalue weighted by Crippen LogP contribution is 2.21. The van der Waals surface area contributed by atoms with Crippen molar-refractivity contribution in [2.45, 2.75) is 58.1 Å². The first kappa shape index (κ1) is 17.7. The smallest absolute Gasteiger partial charge is 0.222 e. The summed E-state index contributed by atoms with van der Waals surface area (Å²) in [6, 6.07) is 0.289. The molecule has 2 aliphatic heterocycles. The molecule has 1 amide bonds. The summed E-state index contributed by atoms with van der Waals surface area (Å²) < 4.78 is 5.65. The molecule has 0 aliphatic carbocycles. The van der Waals surface area contributed by atoms with E-state index in [0.717, 1.165) is 38.4 Å². The van der Waals surface area contributed by atoms with Crippen molar-refractivity contribution in [2.24, 2.45) is 5.92 Å². The molecule has 20 heavy (non-hydrogen) atoms. The average molecular weight is 305 g/mol. The number of carbonyl (C=O) groups excluding carboxylic acids is 1. The third-order valence-electron chi connectivity index (χ3n) is 4.48. The lowest BCUT2D eigenvalue weighted by Gasteiger charge is -2.38. The minimum absolute atomic E-state index is 0. The van der Waals surface area contributed by atoms with Crippen molar-refractivity contribution in [3.05, 3.63) is 0 Å². The fraction of sp³-hybridized carbons (Fsp3) is 0.933. The maximum absolute atomic E-state index is 12.4. The van der Waals surface area contributed by atoms with Crippen LogP contribution >= 0.6 is 12.4 Å². The molecule has 2 fully saturated rings. The zero-order chi connectivity index (χ0) is 13.7. The van der Waals surface area contributed by atoms with Crippen LogP contribution in [0.3, 0.4) is 0 Å². The fourth-order valence-corrected chi connectivity index (χ4v) is 3.13. The zero-order valence-electron chi connectivity index (χ0n) is 12.8. The van der Waals surface area contributed by atoms with Gasteiger partial charge in [-0.05, 0) is 51.6 Å². The van der Waals surface area contributed by atoms with E-state index in [-0.39, 0.29) is 24.6 Å². The van der Waals surface area contributed by atoms with Crippen LogP contribution < -0.4 is 5.32 Å². The predicted octanol–water partition coefficient (Wildman–Crippen LogP) is 2.21. The van der Waals surface area contributed by atoms with E-state index in [9.17, 15) is 4.79 Å². The van der Waals surface area contributed by atoms with E-state index in [0.29, 0.717) is 18.9 Å². The maximum atomic E-state index is 12.4. The standard InChI is InChI=1S/C15H28N2O2.ClH/c1-3-14-11-19-12(2)10-17(14)15(18)5-4-13-6-8-16-9-7-13;/h12-14,16H,3-11H2,1-2H3;1H. The zero-order valence-corrected chi connectivity index (χ0v) is 13.6. The van der Waals surface area contributed by atoms with Gasteiger partial charge in [0.25, 0.3) is 0 Å². The number of ether oxygens (including phenoxy) is 1. The van der Waals surface area contributed by atoms with Gasteiger partial charge in [0.15, 0.2) is 0 Å². The van der Waals surface area contributed by atoms with Crippen LogP contribution in [0, 0.1) is 5.92 Å². The molecule has 0 spiro atoms. The summed E-state index contributed by atoms with van der Waals surface area (Å²) in [5.41, 5.74) is 0. The Morgan fingerprint density at radius 2 is 2.05 bits per heavy atom. The van der Waals surface area contributed by atoms with Crippen LogP contribution in [0.1, 0.15) is 46.0 Å². The Bertz CT molecular complexity index is 296. The summed E-state index contributed by atoms with van der Waals surface area (Å²) in [4.78, 5) is 14.5. The number of nitrogens with zero attached hydrogens (tertiary/aromatic N) is 1. The molecule has 5 heteroatoms. The number of rotatable bonds is 4. The minimum Gasteiger partial charge on any atom is -0.375 e. The Balaban J connectivity index is 0.00000200. The van der Waals surface area contributed by atoms with Crippen LogP contribution in [-0.4, -0.2) is 49.2 Å². The van der Waals surface area contributed by atoms with Gasteiger partial charge in [-0.15, -0.1) is 12.4 Å². The summed E-state index contributed by atoms with van der Waals surface area (Å²) in [6.45, 7) is 7.90. The van der Waals surface area contributed by atoms with E-state index >= 15 is 0 Å². The monoisotopic (exact) mass is 304 g/mol. The summed E-state index contributed by atoms with van der Waals surface area (Å²) >= 11 is 0. The molecule has 2 unspecified atom stereocenters. The van der Waals surface area contributed by atoms with Crippen LogP contribution in [0.5, 0.6) is 0 Å². The van der Waals surface area contributed by atoms with Gasteiger partial charge >= 0.3 is 0 Å². The first-order valence-electron chi connectivity index (χ1n) is 7.82. The molecular weight excluding hydrogens is 276 g/mol. The van der Waals surface area contributed by atoms with Crippen LogP contribution in [-0.2, 0) is 9.53 Å². The number of amides is 1. The van der Waals surface area contributed by atoms with Crippen molar-refractivity contribution in [1.29, 1.82) is 0 Å². The van der Waals surface area contributed by atoms with Crippen LogP contribution in [0.2, 0.25) is 0 Å². The molecule has 0 aromatic rings. The van der Waals surface area contributed by atoms with Crippen LogP contribution in [0.4, 0.5) is 0 Å². The second kappa shape index (κ2) is 8.85. The third kappa shape index (κ3) is 4.90. The molecule has 4 nitrogen and oxygen atoms in total. The number of morpholine rings is 1. The van der Waals surface area contributed by atoms with Gasteiger partial charge in [-0.1, -0.05) is 6.92 Å². The highest BCUT2D eigenvalue weighted by atomic mass is 35.5. The molecule has 0 saturated carbocycles. The number of hydrogen-bond acceptors (Lipinski definition) is 3. The largest absolute Gasteiger partial charge is 0.375 e. The molecule has 0 aromatic heterocycles. The van der Waals surface area contributed by atoms with Gasteiger partial charge < -0.3 is 15.0 Å². The second-order valence-electron chi connectivity index (χ2n) is 5.98. The predicted molar refractivity (Wildman–Crippen MR) is 83.3 cm³/mol. The highest BCUT2D eigenvalue weighted by Gasteiger charge is 2.29. The quantitative estimate of drug-likeness (QED) is 0.866. The van der Waals surface area contributed by atoms with Crippen molar-refractivity contribution in [1.82, 2.24) is 10.2 Å². The van der Waals surface area contributed by atoms with E-state index in [4.69, 9.17) is 4.74 Å². The van der Waals surface area contributed by atoms with Gasteiger partial charge in [-0.2, -0.15) is 0 Å². The summed E-state index contributed by atoms with van der Waals surface area (Å²) in [5, 5.41) is 3.38. The van der Waals surface area contributed by atoms with Gasteiger partial charge in [0, 0.05) is 13.0 Å². The van der Waals surface area contributed by atoms with Crippen LogP contribution in [0.25, 0.3) is 0 Å². The van der Waals surface area contributed by atoms with E-state index in [2.05, 4.69) is 24.1 Å². The van der Waals surface area contributed by atoms with E-state index in [1.807, 2.05) is 0 Å².